The van der Waals surface area contributed by atoms with Crippen molar-refractivity contribution in [3.05, 3.63) is 23.8 Å². The molecular formula is C17H27F2N3O2. The molecule has 0 fully saturated rings. The first kappa shape index (κ1) is 20.0. The Morgan fingerprint density at radius 1 is 1.33 bits per heavy atom. The number of methoxy groups -OCH3 is 1. The monoisotopic (exact) mass is 343 g/mol. The topological polar surface area (TPSA) is 46.1 Å². The Kier molecular flexibility index (Phi) is 8.89. The highest BCUT2D eigenvalue weighted by molar-refractivity contribution is 5.79. The zero-order valence-corrected chi connectivity index (χ0v) is 14.8. The lowest BCUT2D eigenvalue weighted by atomic mass is 10.1. The minimum atomic E-state index is -2.88. The number of nitrogens with one attached hydrogen (secondary N) is 1. The normalized spacial score (nSPS) is 11.5. The average molecular weight is 343 g/mol. The average Bonchev–Trinajstić information content (AvgIpc) is 2.56. The second-order valence-electron chi connectivity index (χ2n) is 5.36. The molecule has 0 bridgehead atoms. The van der Waals surface area contributed by atoms with E-state index >= 15 is 0 Å². The molecule has 1 N–H and O–H groups in total. The number of aliphatic imine (C=N–C) groups is 1. The lowest BCUT2D eigenvalue weighted by Crippen LogP contribution is -2.40. The zero-order valence-electron chi connectivity index (χ0n) is 14.8. The summed E-state index contributed by atoms with van der Waals surface area (Å²) >= 11 is 0. The number of ether oxygens (including phenoxy) is 2. The largest absolute Gasteiger partial charge is 0.493 e. The van der Waals surface area contributed by atoms with Crippen molar-refractivity contribution in [3.63, 3.8) is 0 Å². The Balaban J connectivity index is 2.60. The zero-order chi connectivity index (χ0) is 17.9. The van der Waals surface area contributed by atoms with Crippen molar-refractivity contribution < 1.29 is 18.3 Å². The van der Waals surface area contributed by atoms with Gasteiger partial charge in [-0.05, 0) is 30.5 Å². The number of alkyl halides is 2. The number of hydrogen-bond acceptors (Lipinski definition) is 3. The van der Waals surface area contributed by atoms with E-state index in [0.717, 1.165) is 30.9 Å². The fraction of sp³-hybridized carbons (Fsp3) is 0.588. The van der Waals surface area contributed by atoms with Crippen molar-refractivity contribution in [1.82, 2.24) is 10.2 Å². The van der Waals surface area contributed by atoms with E-state index in [1.807, 2.05) is 13.1 Å². The van der Waals surface area contributed by atoms with Crippen LogP contribution in [0, 0.1) is 0 Å². The number of guanidine groups is 1. The number of unbranched alkanes of at least 4 members (excludes halogenated alkanes) is 1. The highest BCUT2D eigenvalue weighted by Crippen LogP contribution is 2.29. The van der Waals surface area contributed by atoms with E-state index in [-0.39, 0.29) is 5.75 Å². The van der Waals surface area contributed by atoms with Gasteiger partial charge in [-0.3, -0.25) is 4.99 Å². The first-order valence-electron chi connectivity index (χ1n) is 8.05. The molecule has 0 saturated carbocycles. The summed E-state index contributed by atoms with van der Waals surface area (Å²) < 4.78 is 34.4. The summed E-state index contributed by atoms with van der Waals surface area (Å²) in [6, 6.07) is 5.05. The number of rotatable bonds is 9. The van der Waals surface area contributed by atoms with Gasteiger partial charge in [0.2, 0.25) is 0 Å². The molecule has 7 heteroatoms. The lowest BCUT2D eigenvalue weighted by molar-refractivity contribution is -0.0512. The van der Waals surface area contributed by atoms with Gasteiger partial charge >= 0.3 is 6.61 Å². The van der Waals surface area contributed by atoms with Crippen LogP contribution < -0.4 is 14.8 Å². The van der Waals surface area contributed by atoms with Crippen LogP contribution in [0.1, 0.15) is 25.3 Å². The Labute approximate surface area is 142 Å². The molecule has 0 aliphatic rings. The molecule has 5 nitrogen and oxygen atoms in total. The van der Waals surface area contributed by atoms with Gasteiger partial charge in [0, 0.05) is 27.2 Å². The van der Waals surface area contributed by atoms with Crippen molar-refractivity contribution >= 4 is 5.96 Å². The van der Waals surface area contributed by atoms with E-state index in [4.69, 9.17) is 4.74 Å². The molecule has 0 aliphatic carbocycles. The fourth-order valence-electron chi connectivity index (χ4n) is 2.27. The molecule has 0 spiro atoms. The van der Waals surface area contributed by atoms with Crippen molar-refractivity contribution in [1.29, 1.82) is 0 Å². The Hall–Kier alpha value is -2.05. The third kappa shape index (κ3) is 6.60. The molecule has 0 atom stereocenters. The summed E-state index contributed by atoms with van der Waals surface area (Å²) in [4.78, 5) is 6.32. The summed E-state index contributed by atoms with van der Waals surface area (Å²) in [7, 11) is 5.16. The molecule has 1 aromatic rings. The maximum atomic E-state index is 12.5. The molecule has 1 aromatic carbocycles. The van der Waals surface area contributed by atoms with Gasteiger partial charge in [-0.2, -0.15) is 8.78 Å². The van der Waals surface area contributed by atoms with Crippen LogP contribution in [0.4, 0.5) is 8.78 Å². The third-order valence-corrected chi connectivity index (χ3v) is 3.56. The van der Waals surface area contributed by atoms with Gasteiger partial charge in [-0.25, -0.2) is 0 Å². The maximum Gasteiger partial charge on any atom is 0.387 e. The molecule has 0 amide bonds. The van der Waals surface area contributed by atoms with Crippen LogP contribution >= 0.6 is 0 Å². The lowest BCUT2D eigenvalue weighted by Gasteiger charge is -2.22. The SMILES string of the molecule is CCCCN(C)C(=NC)NCCc1ccc(OC)c(OC(F)F)c1. The van der Waals surface area contributed by atoms with Crippen LogP contribution in [-0.4, -0.2) is 51.8 Å². The van der Waals surface area contributed by atoms with Crippen LogP contribution in [-0.2, 0) is 6.42 Å². The predicted molar refractivity (Wildman–Crippen MR) is 92.2 cm³/mol. The van der Waals surface area contributed by atoms with Crippen molar-refractivity contribution in [2.75, 3.05) is 34.3 Å². The summed E-state index contributed by atoms with van der Waals surface area (Å²) in [5.74, 6) is 1.16. The number of halogens is 2. The number of nitrogens with zero attached hydrogens (tertiary/aromatic N) is 2. The van der Waals surface area contributed by atoms with Crippen molar-refractivity contribution in [2.45, 2.75) is 32.8 Å². The first-order valence-corrected chi connectivity index (χ1v) is 8.05. The predicted octanol–water partition coefficient (Wildman–Crippen LogP) is 3.15. The van der Waals surface area contributed by atoms with Gasteiger partial charge < -0.3 is 19.7 Å². The second kappa shape index (κ2) is 10.7. The molecule has 0 unspecified atom stereocenters. The quantitative estimate of drug-likeness (QED) is 0.553. The molecule has 0 radical (unpaired) electrons. The van der Waals surface area contributed by atoms with Gasteiger partial charge in [0.1, 0.15) is 0 Å². The Morgan fingerprint density at radius 3 is 2.67 bits per heavy atom. The molecule has 0 aromatic heterocycles. The Bertz CT molecular complexity index is 525. The molecule has 1 rings (SSSR count). The van der Waals surface area contributed by atoms with Gasteiger partial charge in [0.15, 0.2) is 17.5 Å². The standard InChI is InChI=1S/C17H27F2N3O2/c1-5-6-11-22(3)17(20-2)21-10-9-13-7-8-14(23-4)15(12-13)24-16(18)19/h7-8,12,16H,5-6,9-11H2,1-4H3,(H,20,21). The highest BCUT2D eigenvalue weighted by atomic mass is 19.3. The number of benzene rings is 1. The van der Waals surface area contributed by atoms with E-state index in [2.05, 4.69) is 26.9 Å². The summed E-state index contributed by atoms with van der Waals surface area (Å²) in [6.07, 6.45) is 2.88. The highest BCUT2D eigenvalue weighted by Gasteiger charge is 2.11. The van der Waals surface area contributed by atoms with Crippen molar-refractivity contribution in [2.24, 2.45) is 4.99 Å². The van der Waals surface area contributed by atoms with Gasteiger partial charge in [0.25, 0.3) is 0 Å². The number of hydrogen-bond donors (Lipinski definition) is 1. The van der Waals surface area contributed by atoms with Gasteiger partial charge in [-0.15, -0.1) is 0 Å². The van der Waals surface area contributed by atoms with E-state index in [9.17, 15) is 8.78 Å². The van der Waals surface area contributed by atoms with E-state index < -0.39 is 6.61 Å². The van der Waals surface area contributed by atoms with E-state index in [1.165, 1.54) is 7.11 Å². The third-order valence-electron chi connectivity index (χ3n) is 3.56. The molecule has 0 heterocycles. The Morgan fingerprint density at radius 2 is 2.08 bits per heavy atom. The smallest absolute Gasteiger partial charge is 0.387 e. The minimum Gasteiger partial charge on any atom is -0.493 e. The molecule has 24 heavy (non-hydrogen) atoms. The maximum absolute atomic E-state index is 12.5. The van der Waals surface area contributed by atoms with Crippen LogP contribution in [0.25, 0.3) is 0 Å². The molecular weight excluding hydrogens is 316 g/mol. The fourth-order valence-corrected chi connectivity index (χ4v) is 2.27. The summed E-state index contributed by atoms with van der Waals surface area (Å²) in [5.41, 5.74) is 0.880. The van der Waals surface area contributed by atoms with E-state index in [1.54, 1.807) is 19.2 Å². The molecule has 0 saturated heterocycles. The summed E-state index contributed by atoms with van der Waals surface area (Å²) in [6.45, 7) is 0.847. The van der Waals surface area contributed by atoms with Crippen LogP contribution in [0.15, 0.2) is 23.2 Å². The molecule has 0 aliphatic heterocycles. The van der Waals surface area contributed by atoms with E-state index in [0.29, 0.717) is 18.7 Å². The first-order chi connectivity index (χ1) is 11.5. The summed E-state index contributed by atoms with van der Waals surface area (Å²) in [5, 5.41) is 3.27. The van der Waals surface area contributed by atoms with Gasteiger partial charge in [0.05, 0.1) is 7.11 Å². The van der Waals surface area contributed by atoms with Crippen LogP contribution in [0.5, 0.6) is 11.5 Å². The van der Waals surface area contributed by atoms with Crippen LogP contribution in [0.3, 0.4) is 0 Å². The second-order valence-corrected chi connectivity index (χ2v) is 5.36. The molecule has 136 valence electrons. The van der Waals surface area contributed by atoms with Gasteiger partial charge in [-0.1, -0.05) is 19.4 Å². The van der Waals surface area contributed by atoms with Crippen LogP contribution in [0.2, 0.25) is 0 Å². The van der Waals surface area contributed by atoms with Crippen molar-refractivity contribution in [3.8, 4) is 11.5 Å². The minimum absolute atomic E-state index is 0.0504.